The fraction of sp³-hybridized carbons (Fsp3) is 0.167. The molecule has 1 N–H and O–H groups in total. The van der Waals surface area contributed by atoms with E-state index in [4.69, 9.17) is 0 Å². The molecule has 0 aliphatic rings. The number of benzene rings is 2. The van der Waals surface area contributed by atoms with Gasteiger partial charge in [0, 0.05) is 19.4 Å². The Bertz CT molecular complexity index is 1050. The van der Waals surface area contributed by atoms with Crippen molar-refractivity contribution < 1.29 is 17.2 Å². The third-order valence-corrected chi connectivity index (χ3v) is 5.39. The van der Waals surface area contributed by atoms with Crippen molar-refractivity contribution >= 4 is 10.0 Å². The first-order chi connectivity index (χ1) is 12.3. The first-order valence-corrected chi connectivity index (χ1v) is 9.27. The van der Waals surface area contributed by atoms with Gasteiger partial charge >= 0.3 is 0 Å². The molecule has 1 unspecified atom stereocenters. The highest BCUT2D eigenvalue weighted by molar-refractivity contribution is 7.89. The van der Waals surface area contributed by atoms with Crippen molar-refractivity contribution in [3.05, 3.63) is 83.4 Å². The average Bonchev–Trinajstić information content (AvgIpc) is 3.00. The minimum Gasteiger partial charge on any atom is -0.336 e. The number of nitrogens with zero attached hydrogens (tertiary/aromatic N) is 2. The van der Waals surface area contributed by atoms with Crippen molar-refractivity contribution in [2.45, 2.75) is 17.9 Å². The van der Waals surface area contributed by atoms with E-state index >= 15 is 0 Å². The number of rotatable bonds is 5. The van der Waals surface area contributed by atoms with Crippen LogP contribution in [0, 0.1) is 18.6 Å². The third kappa shape index (κ3) is 3.66. The van der Waals surface area contributed by atoms with E-state index in [1.807, 2.05) is 0 Å². The van der Waals surface area contributed by atoms with Crippen LogP contribution < -0.4 is 4.72 Å². The second-order valence-corrected chi connectivity index (χ2v) is 7.62. The zero-order chi connectivity index (χ0) is 18.9. The molecule has 0 amide bonds. The number of sulfonamides is 1. The van der Waals surface area contributed by atoms with Crippen LogP contribution in [0.1, 0.15) is 23.0 Å². The first-order valence-electron chi connectivity index (χ1n) is 7.79. The molecule has 1 atom stereocenters. The van der Waals surface area contributed by atoms with Crippen molar-refractivity contribution in [1.82, 2.24) is 14.3 Å². The smallest absolute Gasteiger partial charge is 0.244 e. The van der Waals surface area contributed by atoms with Crippen molar-refractivity contribution in [3.63, 3.8) is 0 Å². The molecule has 0 aliphatic heterocycles. The second-order valence-electron chi connectivity index (χ2n) is 5.94. The van der Waals surface area contributed by atoms with Crippen LogP contribution in [-0.2, 0) is 17.1 Å². The number of hydrogen-bond donors (Lipinski definition) is 1. The van der Waals surface area contributed by atoms with Gasteiger partial charge in [-0.25, -0.2) is 22.2 Å². The van der Waals surface area contributed by atoms with Crippen LogP contribution in [0.15, 0.2) is 59.8 Å². The summed E-state index contributed by atoms with van der Waals surface area (Å²) in [7, 11) is -2.53. The highest BCUT2D eigenvalue weighted by atomic mass is 32.2. The Morgan fingerprint density at radius 1 is 1.15 bits per heavy atom. The van der Waals surface area contributed by atoms with Crippen LogP contribution in [0.5, 0.6) is 0 Å². The average molecular weight is 377 g/mol. The largest absolute Gasteiger partial charge is 0.336 e. The molecule has 26 heavy (non-hydrogen) atoms. The van der Waals surface area contributed by atoms with Crippen molar-refractivity contribution in [2.24, 2.45) is 7.05 Å². The Kier molecular flexibility index (Phi) is 4.88. The summed E-state index contributed by atoms with van der Waals surface area (Å²) < 4.78 is 57.4. The van der Waals surface area contributed by atoms with Crippen LogP contribution >= 0.6 is 0 Å². The van der Waals surface area contributed by atoms with Crippen molar-refractivity contribution in [1.29, 1.82) is 0 Å². The summed E-state index contributed by atoms with van der Waals surface area (Å²) in [6.07, 6.45) is 3.15. The van der Waals surface area contributed by atoms with Crippen LogP contribution in [0.2, 0.25) is 0 Å². The lowest BCUT2D eigenvalue weighted by Crippen LogP contribution is -2.31. The number of nitrogens with one attached hydrogen (secondary N) is 1. The molecular formula is C18H17F2N3O2S. The second kappa shape index (κ2) is 6.97. The zero-order valence-electron chi connectivity index (χ0n) is 14.1. The highest BCUT2D eigenvalue weighted by Crippen LogP contribution is 2.25. The van der Waals surface area contributed by atoms with E-state index in [2.05, 4.69) is 9.71 Å². The molecule has 8 heteroatoms. The topological polar surface area (TPSA) is 64.0 Å². The molecule has 0 aliphatic carbocycles. The summed E-state index contributed by atoms with van der Waals surface area (Å²) in [5.74, 6) is -1.02. The van der Waals surface area contributed by atoms with Gasteiger partial charge in [-0.2, -0.15) is 4.72 Å². The summed E-state index contributed by atoms with van der Waals surface area (Å²) in [6.45, 7) is 1.67. The Labute approximate surface area is 150 Å². The zero-order valence-corrected chi connectivity index (χ0v) is 15.0. The predicted molar refractivity (Wildman–Crippen MR) is 92.9 cm³/mol. The quantitative estimate of drug-likeness (QED) is 0.743. The normalized spacial score (nSPS) is 12.9. The highest BCUT2D eigenvalue weighted by Gasteiger charge is 2.28. The molecule has 3 rings (SSSR count). The lowest BCUT2D eigenvalue weighted by atomic mass is 10.1. The lowest BCUT2D eigenvalue weighted by Gasteiger charge is -2.19. The number of aryl methyl sites for hydroxylation is 2. The lowest BCUT2D eigenvalue weighted by molar-refractivity contribution is 0.542. The molecular weight excluding hydrogens is 360 g/mol. The molecule has 3 aromatic rings. The van der Waals surface area contributed by atoms with E-state index in [-0.39, 0.29) is 0 Å². The van der Waals surface area contributed by atoms with Gasteiger partial charge in [0.05, 0.1) is 0 Å². The fourth-order valence-corrected chi connectivity index (χ4v) is 3.99. The van der Waals surface area contributed by atoms with E-state index < -0.39 is 32.6 Å². The van der Waals surface area contributed by atoms with Gasteiger partial charge in [0.15, 0.2) is 0 Å². The summed E-state index contributed by atoms with van der Waals surface area (Å²) in [5.41, 5.74) is 0.960. The SMILES string of the molecule is Cc1ccc(F)c(S(=O)(=O)NC(c2cccc(F)c2)c2nccn2C)c1. The number of halogens is 2. The Morgan fingerprint density at radius 2 is 1.92 bits per heavy atom. The van der Waals surface area contributed by atoms with Gasteiger partial charge in [-0.05, 0) is 42.3 Å². The van der Waals surface area contributed by atoms with Gasteiger partial charge < -0.3 is 4.57 Å². The minimum absolute atomic E-state index is 0.354. The minimum atomic E-state index is -4.22. The number of imidazole rings is 1. The Hall–Kier alpha value is -2.58. The maximum absolute atomic E-state index is 14.1. The summed E-state index contributed by atoms with van der Waals surface area (Å²) in [5, 5.41) is 0. The summed E-state index contributed by atoms with van der Waals surface area (Å²) in [6, 6.07) is 8.38. The molecule has 0 radical (unpaired) electrons. The molecule has 0 spiro atoms. The first kappa shape index (κ1) is 18.2. The van der Waals surface area contributed by atoms with Crippen molar-refractivity contribution in [2.75, 3.05) is 0 Å². The van der Waals surface area contributed by atoms with Gasteiger partial charge in [0.25, 0.3) is 0 Å². The number of hydrogen-bond acceptors (Lipinski definition) is 3. The molecule has 0 saturated heterocycles. The maximum Gasteiger partial charge on any atom is 0.244 e. The predicted octanol–water partition coefficient (Wildman–Crippen LogP) is 3.07. The maximum atomic E-state index is 14.1. The molecule has 0 saturated carbocycles. The van der Waals surface area contributed by atoms with Gasteiger partial charge in [-0.15, -0.1) is 0 Å². The van der Waals surface area contributed by atoms with E-state index in [1.165, 1.54) is 36.5 Å². The van der Waals surface area contributed by atoms with Crippen LogP contribution in [0.25, 0.3) is 0 Å². The van der Waals surface area contributed by atoms with E-state index in [1.54, 1.807) is 30.8 Å². The fourth-order valence-electron chi connectivity index (χ4n) is 2.65. The molecule has 0 bridgehead atoms. The molecule has 5 nitrogen and oxygen atoms in total. The standard InChI is InChI=1S/C18H17F2N3O2S/c1-12-6-7-15(20)16(10-12)26(24,25)22-17(18-21-8-9-23(18)2)13-4-3-5-14(19)11-13/h3-11,17,22H,1-2H3. The molecule has 136 valence electrons. The van der Waals surface area contributed by atoms with Crippen molar-refractivity contribution in [3.8, 4) is 0 Å². The monoisotopic (exact) mass is 377 g/mol. The molecule has 0 fully saturated rings. The Balaban J connectivity index is 2.09. The molecule has 1 aromatic heterocycles. The summed E-state index contributed by atoms with van der Waals surface area (Å²) >= 11 is 0. The third-order valence-electron chi connectivity index (χ3n) is 3.95. The van der Waals surface area contributed by atoms with Gasteiger partial charge in [-0.3, -0.25) is 0 Å². The van der Waals surface area contributed by atoms with E-state index in [0.717, 1.165) is 6.07 Å². The van der Waals surface area contributed by atoms with Crippen LogP contribution in [0.4, 0.5) is 8.78 Å². The molecule has 2 aromatic carbocycles. The van der Waals surface area contributed by atoms with Gasteiger partial charge in [0.2, 0.25) is 10.0 Å². The summed E-state index contributed by atoms with van der Waals surface area (Å²) in [4.78, 5) is 3.70. The van der Waals surface area contributed by atoms with Gasteiger partial charge in [-0.1, -0.05) is 18.2 Å². The Morgan fingerprint density at radius 3 is 2.58 bits per heavy atom. The molecule has 1 heterocycles. The van der Waals surface area contributed by atoms with E-state index in [0.29, 0.717) is 17.0 Å². The van der Waals surface area contributed by atoms with Gasteiger partial charge in [0.1, 0.15) is 28.4 Å². The van der Waals surface area contributed by atoms with Crippen LogP contribution in [0.3, 0.4) is 0 Å². The van der Waals surface area contributed by atoms with Crippen LogP contribution in [-0.4, -0.2) is 18.0 Å². The van der Waals surface area contributed by atoms with E-state index in [9.17, 15) is 17.2 Å². The number of aromatic nitrogens is 2.